The molecule has 84 valence electrons. The van der Waals surface area contributed by atoms with E-state index in [1.165, 1.54) is 0 Å². The Bertz CT molecular complexity index is 122. The number of likely N-dealkylation sites (N-methyl/N-ethyl adjacent to an activating group) is 2. The molecule has 0 aliphatic carbocycles. The molecule has 0 saturated heterocycles. The fourth-order valence-corrected chi connectivity index (χ4v) is 0.521. The third-order valence-electron chi connectivity index (χ3n) is 1.10. The SMILES string of the molecule is C[N-]C.C[N-]CC[N-]C.[Zr+4].c1cc[cH-]c1. The van der Waals surface area contributed by atoms with E-state index in [2.05, 4.69) is 16.0 Å². The molecular weight excluding hydrogens is 265 g/mol. The maximum Gasteiger partial charge on any atom is 4.00 e. The second-order valence-corrected chi connectivity index (χ2v) is 2.49. The maximum absolute atomic E-state index is 3.83. The standard InChI is InChI=1S/C5H5.C4H10N2.C2H6N.Zr/c1-2-4-5-3-1;1-5-3-4-6-2;1-3-2;/h1-5H;3-4H2,1-2H3;1-2H3;/q-1;-2;-1;+4. The predicted molar refractivity (Wildman–Crippen MR) is 65.5 cm³/mol. The van der Waals surface area contributed by atoms with Crippen LogP contribution in [-0.2, 0) is 26.2 Å². The quantitative estimate of drug-likeness (QED) is 0.605. The van der Waals surface area contributed by atoms with Gasteiger partial charge in [-0.05, 0) is 0 Å². The zero-order chi connectivity index (χ0) is 11.1. The van der Waals surface area contributed by atoms with Crippen molar-refractivity contribution in [3.8, 4) is 0 Å². The van der Waals surface area contributed by atoms with Crippen molar-refractivity contribution < 1.29 is 26.2 Å². The monoisotopic (exact) mass is 285 g/mol. The summed E-state index contributed by atoms with van der Waals surface area (Å²) in [6.45, 7) is 1.74. The summed E-state index contributed by atoms with van der Waals surface area (Å²) < 4.78 is 0. The summed E-state index contributed by atoms with van der Waals surface area (Å²) in [5.41, 5.74) is 0. The topological polar surface area (TPSA) is 42.3 Å². The van der Waals surface area contributed by atoms with E-state index >= 15 is 0 Å². The van der Waals surface area contributed by atoms with Crippen LogP contribution in [0.3, 0.4) is 0 Å². The van der Waals surface area contributed by atoms with E-state index in [9.17, 15) is 0 Å². The zero-order valence-electron chi connectivity index (χ0n) is 10.1. The first kappa shape index (κ1) is 20.5. The molecule has 3 nitrogen and oxygen atoms in total. The molecule has 0 fully saturated rings. The van der Waals surface area contributed by atoms with Crippen LogP contribution < -0.4 is 0 Å². The molecule has 1 rings (SSSR count). The summed E-state index contributed by atoms with van der Waals surface area (Å²) in [6, 6.07) is 10.0. The molecule has 0 radical (unpaired) electrons. The van der Waals surface area contributed by atoms with E-state index < -0.39 is 0 Å². The van der Waals surface area contributed by atoms with Crippen molar-refractivity contribution in [3.05, 3.63) is 46.3 Å². The van der Waals surface area contributed by atoms with Gasteiger partial charge in [0, 0.05) is 0 Å². The van der Waals surface area contributed by atoms with E-state index in [-0.39, 0.29) is 26.2 Å². The van der Waals surface area contributed by atoms with Gasteiger partial charge in [0.05, 0.1) is 0 Å². The molecule has 1 aromatic carbocycles. The normalized spacial score (nSPS) is 7.47. The molecule has 0 amide bonds. The molecule has 4 heteroatoms. The van der Waals surface area contributed by atoms with E-state index in [1.807, 2.05) is 30.3 Å². The first-order chi connectivity index (χ1) is 6.83. The average molecular weight is 287 g/mol. The summed E-state index contributed by atoms with van der Waals surface area (Å²) in [4.78, 5) is 0. The smallest absolute Gasteiger partial charge is 0.668 e. The molecule has 0 aliphatic heterocycles. The van der Waals surface area contributed by atoms with Crippen LogP contribution in [0.25, 0.3) is 16.0 Å². The van der Waals surface area contributed by atoms with Gasteiger partial charge in [0.15, 0.2) is 0 Å². The van der Waals surface area contributed by atoms with Crippen molar-refractivity contribution in [2.24, 2.45) is 0 Å². The molecule has 0 aromatic heterocycles. The van der Waals surface area contributed by atoms with Crippen LogP contribution >= 0.6 is 0 Å². The van der Waals surface area contributed by atoms with Gasteiger partial charge < -0.3 is 16.0 Å². The van der Waals surface area contributed by atoms with Crippen LogP contribution in [0.15, 0.2) is 30.3 Å². The third kappa shape index (κ3) is 31.5. The molecule has 0 unspecified atom stereocenters. The van der Waals surface area contributed by atoms with Gasteiger partial charge in [-0.2, -0.15) is 59.5 Å². The second-order valence-electron chi connectivity index (χ2n) is 2.49. The van der Waals surface area contributed by atoms with Crippen LogP contribution in [0.2, 0.25) is 0 Å². The molecule has 0 bridgehead atoms. The largest absolute Gasteiger partial charge is 4.00 e. The molecule has 0 heterocycles. The summed E-state index contributed by atoms with van der Waals surface area (Å²) in [5.74, 6) is 0. The van der Waals surface area contributed by atoms with Crippen molar-refractivity contribution >= 4 is 0 Å². The van der Waals surface area contributed by atoms with Gasteiger partial charge >= 0.3 is 26.2 Å². The van der Waals surface area contributed by atoms with E-state index in [0.29, 0.717) is 0 Å². The maximum atomic E-state index is 3.83. The minimum atomic E-state index is 0. The van der Waals surface area contributed by atoms with E-state index in [1.54, 1.807) is 28.2 Å². The van der Waals surface area contributed by atoms with Crippen LogP contribution in [0.5, 0.6) is 0 Å². The molecule has 0 atom stereocenters. The number of hydrogen-bond acceptors (Lipinski definition) is 0. The number of nitrogens with zero attached hydrogens (tertiary/aromatic N) is 3. The molecule has 0 spiro atoms. The van der Waals surface area contributed by atoms with Crippen molar-refractivity contribution in [3.63, 3.8) is 0 Å². The molecule has 1 aromatic rings. The van der Waals surface area contributed by atoms with Crippen molar-refractivity contribution in [2.45, 2.75) is 0 Å². The Balaban J connectivity index is -0.000000147. The summed E-state index contributed by atoms with van der Waals surface area (Å²) in [6.07, 6.45) is 0. The minimum absolute atomic E-state index is 0. The van der Waals surface area contributed by atoms with Gasteiger partial charge in [0.1, 0.15) is 0 Å². The fourth-order valence-electron chi connectivity index (χ4n) is 0.521. The molecule has 0 N–H and O–H groups in total. The molecule has 15 heavy (non-hydrogen) atoms. The fraction of sp³-hybridized carbons (Fsp3) is 0.545. The molecule has 0 saturated carbocycles. The van der Waals surface area contributed by atoms with Gasteiger partial charge in [-0.15, -0.1) is 0 Å². The Hall–Kier alpha value is 0.113. The number of rotatable bonds is 3. The predicted octanol–water partition coefficient (Wildman–Crippen LogP) is 3.02. The van der Waals surface area contributed by atoms with E-state index in [0.717, 1.165) is 13.1 Å². The average Bonchev–Trinajstić information content (AvgIpc) is 2.74. The van der Waals surface area contributed by atoms with Crippen molar-refractivity contribution in [1.29, 1.82) is 0 Å². The van der Waals surface area contributed by atoms with Gasteiger partial charge in [-0.1, -0.05) is 0 Å². The Kier molecular flexibility index (Phi) is 32.5. The summed E-state index contributed by atoms with van der Waals surface area (Å²) >= 11 is 0. The summed E-state index contributed by atoms with van der Waals surface area (Å²) in [5, 5.41) is 11.2. The Morgan fingerprint density at radius 1 is 0.867 bits per heavy atom. The van der Waals surface area contributed by atoms with Crippen molar-refractivity contribution in [2.75, 3.05) is 41.3 Å². The third-order valence-corrected chi connectivity index (χ3v) is 1.10. The Labute approximate surface area is 114 Å². The first-order valence-electron chi connectivity index (χ1n) is 4.59. The Morgan fingerprint density at radius 3 is 1.33 bits per heavy atom. The van der Waals surface area contributed by atoms with Crippen LogP contribution in [0, 0.1) is 0 Å². The summed E-state index contributed by atoms with van der Waals surface area (Å²) in [7, 11) is 7.09. The zero-order valence-corrected chi connectivity index (χ0v) is 12.6. The molecule has 0 aliphatic rings. The van der Waals surface area contributed by atoms with Crippen LogP contribution in [0.1, 0.15) is 0 Å². The number of hydrogen-bond donors (Lipinski definition) is 0. The first-order valence-corrected chi connectivity index (χ1v) is 4.59. The van der Waals surface area contributed by atoms with Crippen LogP contribution in [0.4, 0.5) is 0 Å². The second kappa shape index (κ2) is 23.7. The minimum Gasteiger partial charge on any atom is -0.668 e. The Morgan fingerprint density at radius 2 is 1.20 bits per heavy atom. The van der Waals surface area contributed by atoms with Gasteiger partial charge in [-0.25, -0.2) is 12.1 Å². The van der Waals surface area contributed by atoms with Gasteiger partial charge in [-0.3, -0.25) is 0 Å². The van der Waals surface area contributed by atoms with Crippen LogP contribution in [-0.4, -0.2) is 41.3 Å². The van der Waals surface area contributed by atoms with E-state index in [4.69, 9.17) is 0 Å². The van der Waals surface area contributed by atoms with Crippen molar-refractivity contribution in [1.82, 2.24) is 0 Å². The van der Waals surface area contributed by atoms with Gasteiger partial charge in [0.25, 0.3) is 0 Å². The van der Waals surface area contributed by atoms with Gasteiger partial charge in [0.2, 0.25) is 0 Å². The molecular formula is C11H21N3Zr.